The minimum atomic E-state index is 0.237. The number of benzene rings is 3. The SMILES string of the molecule is COc1cc(C#Cc2ccccc2)c(C#Cc2ccc3c(c2)OCO3)cc1OC. The Hall–Kier alpha value is -4.02. The Balaban J connectivity index is 1.75. The van der Waals surface area contributed by atoms with Crippen LogP contribution in [0.5, 0.6) is 23.0 Å². The standard InChI is InChI=1S/C25H18O4/c1-26-23-15-20(11-8-18-6-4-3-5-7-18)21(16-24(23)27-2)12-9-19-10-13-22-25(14-19)29-17-28-22/h3-7,10,13-16H,17H2,1-2H3. The first-order chi connectivity index (χ1) is 14.3. The van der Waals surface area contributed by atoms with E-state index in [2.05, 4.69) is 23.7 Å². The molecule has 0 aromatic heterocycles. The largest absolute Gasteiger partial charge is 0.493 e. The highest BCUT2D eigenvalue weighted by molar-refractivity contribution is 5.61. The Labute approximate surface area is 170 Å². The zero-order valence-electron chi connectivity index (χ0n) is 16.1. The molecular formula is C25H18O4. The normalized spacial score (nSPS) is 11.0. The van der Waals surface area contributed by atoms with Crippen LogP contribution in [0.4, 0.5) is 0 Å². The Morgan fingerprint density at radius 1 is 0.655 bits per heavy atom. The van der Waals surface area contributed by atoms with E-state index in [0.29, 0.717) is 17.2 Å². The van der Waals surface area contributed by atoms with Gasteiger partial charge in [0.2, 0.25) is 6.79 Å². The van der Waals surface area contributed by atoms with Gasteiger partial charge in [-0.1, -0.05) is 41.9 Å². The molecule has 0 bridgehead atoms. The molecule has 1 aliphatic heterocycles. The lowest BCUT2D eigenvalue weighted by atomic mass is 10.1. The highest BCUT2D eigenvalue weighted by Gasteiger charge is 2.13. The molecule has 0 spiro atoms. The van der Waals surface area contributed by atoms with Crippen LogP contribution in [-0.2, 0) is 0 Å². The number of rotatable bonds is 2. The second kappa shape index (κ2) is 8.33. The maximum Gasteiger partial charge on any atom is 0.231 e. The lowest BCUT2D eigenvalue weighted by molar-refractivity contribution is 0.174. The number of fused-ring (bicyclic) bond motifs is 1. The molecule has 3 aromatic carbocycles. The van der Waals surface area contributed by atoms with E-state index in [0.717, 1.165) is 28.0 Å². The van der Waals surface area contributed by atoms with E-state index < -0.39 is 0 Å². The number of methoxy groups -OCH3 is 2. The van der Waals surface area contributed by atoms with Crippen molar-refractivity contribution in [3.8, 4) is 46.7 Å². The van der Waals surface area contributed by atoms with Crippen molar-refractivity contribution in [2.45, 2.75) is 0 Å². The zero-order chi connectivity index (χ0) is 20.1. The van der Waals surface area contributed by atoms with E-state index in [9.17, 15) is 0 Å². The third kappa shape index (κ3) is 4.13. The van der Waals surface area contributed by atoms with Crippen LogP contribution in [0, 0.1) is 23.7 Å². The molecule has 0 unspecified atom stereocenters. The van der Waals surface area contributed by atoms with Gasteiger partial charge in [-0.05, 0) is 30.3 Å². The molecule has 4 nitrogen and oxygen atoms in total. The highest BCUT2D eigenvalue weighted by atomic mass is 16.7. The third-order valence-electron chi connectivity index (χ3n) is 4.35. The quantitative estimate of drug-likeness (QED) is 0.622. The summed E-state index contributed by atoms with van der Waals surface area (Å²) in [6.07, 6.45) is 0. The summed E-state index contributed by atoms with van der Waals surface area (Å²) >= 11 is 0. The van der Waals surface area contributed by atoms with Crippen LogP contribution < -0.4 is 18.9 Å². The van der Waals surface area contributed by atoms with Crippen molar-refractivity contribution in [1.82, 2.24) is 0 Å². The molecule has 0 saturated carbocycles. The van der Waals surface area contributed by atoms with Gasteiger partial charge in [-0.3, -0.25) is 0 Å². The van der Waals surface area contributed by atoms with Crippen LogP contribution in [0.1, 0.15) is 22.3 Å². The fourth-order valence-corrected chi connectivity index (χ4v) is 2.86. The van der Waals surface area contributed by atoms with Crippen molar-refractivity contribution in [3.05, 3.63) is 82.9 Å². The average Bonchev–Trinajstić information content (AvgIpc) is 3.24. The minimum absolute atomic E-state index is 0.237. The fraction of sp³-hybridized carbons (Fsp3) is 0.120. The van der Waals surface area contributed by atoms with Gasteiger partial charge in [0.05, 0.1) is 14.2 Å². The third-order valence-corrected chi connectivity index (χ3v) is 4.35. The van der Waals surface area contributed by atoms with E-state index in [4.69, 9.17) is 18.9 Å². The van der Waals surface area contributed by atoms with Gasteiger partial charge in [0.15, 0.2) is 23.0 Å². The molecule has 0 saturated heterocycles. The van der Waals surface area contributed by atoms with E-state index in [1.54, 1.807) is 14.2 Å². The molecular weight excluding hydrogens is 364 g/mol. The summed E-state index contributed by atoms with van der Waals surface area (Å²) in [6, 6.07) is 19.1. The minimum Gasteiger partial charge on any atom is -0.493 e. The second-order valence-electron chi connectivity index (χ2n) is 6.19. The first-order valence-electron chi connectivity index (χ1n) is 9.01. The lowest BCUT2D eigenvalue weighted by Crippen LogP contribution is -1.94. The van der Waals surface area contributed by atoms with Gasteiger partial charge < -0.3 is 18.9 Å². The van der Waals surface area contributed by atoms with Crippen LogP contribution in [0.25, 0.3) is 0 Å². The van der Waals surface area contributed by atoms with Crippen molar-refractivity contribution in [1.29, 1.82) is 0 Å². The molecule has 0 radical (unpaired) electrons. The van der Waals surface area contributed by atoms with Crippen LogP contribution in [0.15, 0.2) is 60.7 Å². The summed E-state index contributed by atoms with van der Waals surface area (Å²) in [7, 11) is 3.20. The molecule has 1 aliphatic rings. The maximum absolute atomic E-state index is 5.43. The van der Waals surface area contributed by atoms with Crippen LogP contribution in [0.3, 0.4) is 0 Å². The molecule has 142 valence electrons. The Morgan fingerprint density at radius 2 is 1.28 bits per heavy atom. The molecule has 0 fully saturated rings. The van der Waals surface area contributed by atoms with E-state index in [-0.39, 0.29) is 6.79 Å². The Morgan fingerprint density at radius 3 is 1.93 bits per heavy atom. The molecule has 29 heavy (non-hydrogen) atoms. The molecule has 4 heteroatoms. The highest BCUT2D eigenvalue weighted by Crippen LogP contribution is 2.33. The van der Waals surface area contributed by atoms with Gasteiger partial charge in [-0.15, -0.1) is 0 Å². The number of hydrogen-bond acceptors (Lipinski definition) is 4. The summed E-state index contributed by atoms with van der Waals surface area (Å²) in [5, 5.41) is 0. The Bertz CT molecular complexity index is 1160. The molecule has 0 N–H and O–H groups in total. The van der Waals surface area contributed by atoms with Crippen molar-refractivity contribution in [2.24, 2.45) is 0 Å². The predicted octanol–water partition coefficient (Wildman–Crippen LogP) is 4.23. The first kappa shape index (κ1) is 18.3. The molecule has 0 atom stereocenters. The fourth-order valence-electron chi connectivity index (χ4n) is 2.86. The van der Waals surface area contributed by atoms with Gasteiger partial charge >= 0.3 is 0 Å². The summed E-state index contributed by atoms with van der Waals surface area (Å²) in [5.41, 5.74) is 3.27. The predicted molar refractivity (Wildman–Crippen MR) is 111 cm³/mol. The van der Waals surface area contributed by atoms with Gasteiger partial charge in [0.25, 0.3) is 0 Å². The number of hydrogen-bond donors (Lipinski definition) is 0. The second-order valence-corrected chi connectivity index (χ2v) is 6.19. The van der Waals surface area contributed by atoms with E-state index in [1.807, 2.05) is 60.7 Å². The molecule has 1 heterocycles. The summed E-state index contributed by atoms with van der Waals surface area (Å²) in [6.45, 7) is 0.237. The van der Waals surface area contributed by atoms with Crippen LogP contribution >= 0.6 is 0 Å². The van der Waals surface area contributed by atoms with E-state index in [1.165, 1.54) is 0 Å². The maximum atomic E-state index is 5.43. The van der Waals surface area contributed by atoms with Crippen molar-refractivity contribution in [3.63, 3.8) is 0 Å². The zero-order valence-corrected chi connectivity index (χ0v) is 16.1. The monoisotopic (exact) mass is 382 g/mol. The van der Waals surface area contributed by atoms with Crippen LogP contribution in [0.2, 0.25) is 0 Å². The first-order valence-corrected chi connectivity index (χ1v) is 9.01. The summed E-state index contributed by atoms with van der Waals surface area (Å²) in [5.74, 6) is 15.4. The molecule has 4 rings (SSSR count). The topological polar surface area (TPSA) is 36.9 Å². The van der Waals surface area contributed by atoms with Crippen LogP contribution in [-0.4, -0.2) is 21.0 Å². The average molecular weight is 382 g/mol. The van der Waals surface area contributed by atoms with Gasteiger partial charge in [0.1, 0.15) is 0 Å². The van der Waals surface area contributed by atoms with Crippen molar-refractivity contribution in [2.75, 3.05) is 21.0 Å². The van der Waals surface area contributed by atoms with Gasteiger partial charge in [-0.25, -0.2) is 0 Å². The number of ether oxygens (including phenoxy) is 4. The summed E-state index contributed by atoms with van der Waals surface area (Å²) < 4.78 is 21.6. The van der Waals surface area contributed by atoms with Crippen molar-refractivity contribution < 1.29 is 18.9 Å². The molecule has 3 aromatic rings. The van der Waals surface area contributed by atoms with Gasteiger partial charge in [0, 0.05) is 34.4 Å². The van der Waals surface area contributed by atoms with Gasteiger partial charge in [-0.2, -0.15) is 0 Å². The van der Waals surface area contributed by atoms with Crippen molar-refractivity contribution >= 4 is 0 Å². The smallest absolute Gasteiger partial charge is 0.231 e. The Kier molecular flexibility index (Phi) is 5.27. The van der Waals surface area contributed by atoms with E-state index >= 15 is 0 Å². The molecule has 0 amide bonds. The molecule has 0 aliphatic carbocycles. The summed E-state index contributed by atoms with van der Waals surface area (Å²) in [4.78, 5) is 0. The lowest BCUT2D eigenvalue weighted by Gasteiger charge is -2.09.